The lowest BCUT2D eigenvalue weighted by atomic mass is 10.5. The molecule has 0 fully saturated rings. The van der Waals surface area contributed by atoms with Crippen molar-refractivity contribution >= 4 is 19.9 Å². The van der Waals surface area contributed by atoms with Crippen LogP contribution in [0.25, 0.3) is 0 Å². The summed E-state index contributed by atoms with van der Waals surface area (Å²) >= 11 is 0. The molecule has 0 spiro atoms. The van der Waals surface area contributed by atoms with E-state index in [1.54, 1.807) is 0 Å². The molecule has 0 aliphatic carbocycles. The van der Waals surface area contributed by atoms with Crippen LogP contribution in [0, 0.1) is 0 Å². The van der Waals surface area contributed by atoms with Crippen LogP contribution in [-0.2, 0) is 0 Å². The topological polar surface area (TPSA) is 3.24 Å². The summed E-state index contributed by atoms with van der Waals surface area (Å²) in [5, 5.41) is 0. The largest absolute Gasteiger partial charge is 0.331 e. The Kier molecular flexibility index (Phi) is 2.94. The van der Waals surface area contributed by atoms with Crippen LogP contribution in [0.1, 0.15) is 13.8 Å². The first-order valence-corrected chi connectivity index (χ1v) is 4.07. The van der Waals surface area contributed by atoms with Crippen LogP contribution in [0.5, 0.6) is 0 Å². The Morgan fingerprint density at radius 3 is 1.75 bits per heavy atom. The lowest BCUT2D eigenvalue weighted by Crippen LogP contribution is -2.27. The summed E-state index contributed by atoms with van der Waals surface area (Å²) in [6.45, 7) is 4.34. The zero-order valence-electron chi connectivity index (χ0n) is 5.95. The third kappa shape index (κ3) is 6.39. The van der Waals surface area contributed by atoms with E-state index in [1.807, 2.05) is 0 Å². The van der Waals surface area contributed by atoms with Gasteiger partial charge in [0.1, 0.15) is 9.68 Å². The van der Waals surface area contributed by atoms with Gasteiger partial charge in [-0.25, -0.2) is 0 Å². The van der Waals surface area contributed by atoms with Gasteiger partial charge >= 0.3 is 0 Å². The maximum atomic E-state index is 3.60. The Morgan fingerprint density at radius 2 is 1.75 bits per heavy atom. The summed E-state index contributed by atoms with van der Waals surface area (Å²) in [5.41, 5.74) is 0. The van der Waals surface area contributed by atoms with Crippen molar-refractivity contribution in [2.24, 2.45) is 0 Å². The van der Waals surface area contributed by atoms with Crippen molar-refractivity contribution in [2.75, 3.05) is 14.1 Å². The summed E-state index contributed by atoms with van der Waals surface area (Å²) in [4.78, 5) is 0. The van der Waals surface area contributed by atoms with Crippen LogP contribution in [-0.4, -0.2) is 38.6 Å². The van der Waals surface area contributed by atoms with Gasteiger partial charge in [0.05, 0.1) is 0 Å². The van der Waals surface area contributed by atoms with Crippen molar-refractivity contribution in [3.05, 3.63) is 0 Å². The minimum atomic E-state index is 0.281. The number of hydrogen-bond acceptors (Lipinski definition) is 1. The summed E-state index contributed by atoms with van der Waals surface area (Å²) in [5.74, 6) is 0. The molecule has 0 saturated carbocycles. The normalized spacial score (nSPS) is 12.8. The molecule has 0 heterocycles. The second-order valence-corrected chi connectivity index (χ2v) is 6.75. The second-order valence-electron chi connectivity index (χ2n) is 2.63. The highest BCUT2D eigenvalue weighted by atomic mass is 28.3. The van der Waals surface area contributed by atoms with E-state index in [-0.39, 0.29) is 4.66 Å². The first-order chi connectivity index (χ1) is 3.42. The van der Waals surface area contributed by atoms with Gasteiger partial charge < -0.3 is 4.57 Å². The fourth-order valence-electron chi connectivity index (χ4n) is 0.559. The maximum Gasteiger partial charge on any atom is 0.144 e. The standard InChI is InChI=1S/C5H12NSi2/c1-5(2,7)8-6(3)4/h1-4H3. The Balaban J connectivity index is 3.39. The lowest BCUT2D eigenvalue weighted by Gasteiger charge is -2.20. The van der Waals surface area contributed by atoms with Gasteiger partial charge in [0, 0.05) is 10.2 Å². The summed E-state index contributed by atoms with van der Waals surface area (Å²) in [7, 11) is 8.61. The molecule has 0 aromatic carbocycles. The molecule has 0 saturated heterocycles. The molecule has 3 heteroatoms. The van der Waals surface area contributed by atoms with Crippen LogP contribution < -0.4 is 0 Å². The highest BCUT2D eigenvalue weighted by Crippen LogP contribution is 2.14. The molecule has 0 rings (SSSR count). The van der Waals surface area contributed by atoms with E-state index in [1.165, 1.54) is 0 Å². The molecule has 8 heavy (non-hydrogen) atoms. The molecule has 0 aliphatic rings. The van der Waals surface area contributed by atoms with Crippen molar-refractivity contribution in [2.45, 2.75) is 18.5 Å². The van der Waals surface area contributed by atoms with Crippen LogP contribution in [0.2, 0.25) is 4.66 Å². The third-order valence-electron chi connectivity index (χ3n) is 0.503. The fourth-order valence-corrected chi connectivity index (χ4v) is 2.35. The predicted molar refractivity (Wildman–Crippen MR) is 39.2 cm³/mol. The van der Waals surface area contributed by atoms with E-state index in [4.69, 9.17) is 0 Å². The first kappa shape index (κ1) is 8.39. The van der Waals surface area contributed by atoms with Gasteiger partial charge in [-0.3, -0.25) is 0 Å². The summed E-state index contributed by atoms with van der Waals surface area (Å²) < 4.78 is 2.47. The first-order valence-electron chi connectivity index (χ1n) is 2.62. The molecular weight excluding hydrogens is 130 g/mol. The average molecular weight is 142 g/mol. The monoisotopic (exact) mass is 142 g/mol. The van der Waals surface area contributed by atoms with Crippen molar-refractivity contribution < 1.29 is 0 Å². The van der Waals surface area contributed by atoms with Crippen molar-refractivity contribution in [1.82, 2.24) is 4.57 Å². The highest BCUT2D eigenvalue weighted by Gasteiger charge is 2.12. The van der Waals surface area contributed by atoms with E-state index in [0.717, 1.165) is 9.68 Å². The van der Waals surface area contributed by atoms with Crippen LogP contribution >= 0.6 is 0 Å². The zero-order valence-corrected chi connectivity index (χ0v) is 7.95. The number of hydrogen-bond donors (Lipinski definition) is 0. The van der Waals surface area contributed by atoms with Gasteiger partial charge in [-0.2, -0.15) is 0 Å². The molecule has 5 radical (unpaired) electrons. The van der Waals surface area contributed by atoms with Crippen LogP contribution in [0.3, 0.4) is 0 Å². The lowest BCUT2D eigenvalue weighted by molar-refractivity contribution is 0.636. The van der Waals surface area contributed by atoms with Crippen molar-refractivity contribution in [3.63, 3.8) is 0 Å². The number of nitrogens with zero attached hydrogens (tertiary/aromatic N) is 1. The minimum Gasteiger partial charge on any atom is -0.331 e. The second kappa shape index (κ2) is 2.80. The van der Waals surface area contributed by atoms with E-state index >= 15 is 0 Å². The summed E-state index contributed by atoms with van der Waals surface area (Å²) in [6.07, 6.45) is 0. The van der Waals surface area contributed by atoms with Crippen LogP contribution in [0.15, 0.2) is 0 Å². The minimum absolute atomic E-state index is 0.281. The fraction of sp³-hybridized carbons (Fsp3) is 1.00. The van der Waals surface area contributed by atoms with Crippen molar-refractivity contribution in [1.29, 1.82) is 0 Å². The predicted octanol–water partition coefficient (Wildman–Crippen LogP) is 0.492. The molecule has 1 nitrogen and oxygen atoms in total. The molecule has 0 atom stereocenters. The van der Waals surface area contributed by atoms with E-state index in [0.29, 0.717) is 0 Å². The van der Waals surface area contributed by atoms with E-state index < -0.39 is 0 Å². The van der Waals surface area contributed by atoms with Crippen LogP contribution in [0.4, 0.5) is 0 Å². The molecule has 0 aliphatic heterocycles. The quantitative estimate of drug-likeness (QED) is 0.507. The van der Waals surface area contributed by atoms with Gasteiger partial charge in [-0.15, -0.1) is 0 Å². The molecule has 0 N–H and O–H groups in total. The molecule has 0 aromatic heterocycles. The number of rotatable bonds is 2. The van der Waals surface area contributed by atoms with E-state index in [9.17, 15) is 0 Å². The van der Waals surface area contributed by atoms with Gasteiger partial charge in [-0.1, -0.05) is 13.8 Å². The Labute approximate surface area is 57.8 Å². The molecule has 0 amide bonds. The van der Waals surface area contributed by atoms with Gasteiger partial charge in [-0.05, 0) is 18.8 Å². The van der Waals surface area contributed by atoms with Gasteiger partial charge in [0.25, 0.3) is 0 Å². The smallest absolute Gasteiger partial charge is 0.144 e. The molecule has 45 valence electrons. The highest BCUT2D eigenvalue weighted by molar-refractivity contribution is 6.50. The zero-order chi connectivity index (χ0) is 6.78. The summed E-state index contributed by atoms with van der Waals surface area (Å²) in [6, 6.07) is 0. The SMILES string of the molecule is CN(C)[Si]C(C)(C)[Si]. The molecular formula is C5H12NSi2. The van der Waals surface area contributed by atoms with Gasteiger partial charge in [0.2, 0.25) is 0 Å². The Morgan fingerprint density at radius 1 is 1.38 bits per heavy atom. The molecule has 0 unspecified atom stereocenters. The van der Waals surface area contributed by atoms with E-state index in [2.05, 4.69) is 42.8 Å². The van der Waals surface area contributed by atoms with Gasteiger partial charge in [0.15, 0.2) is 0 Å². The maximum absolute atomic E-state index is 3.60. The Hall–Kier alpha value is 0.394. The van der Waals surface area contributed by atoms with Crippen molar-refractivity contribution in [3.8, 4) is 0 Å². The molecule has 0 bridgehead atoms. The molecule has 0 aromatic rings. The Bertz CT molecular complexity index is 65.3. The average Bonchev–Trinajstić information content (AvgIpc) is 1.21. The third-order valence-corrected chi connectivity index (χ3v) is 1.84.